The van der Waals surface area contributed by atoms with E-state index in [1.54, 1.807) is 0 Å². The Morgan fingerprint density at radius 2 is 1.77 bits per heavy atom. The van der Waals surface area contributed by atoms with E-state index in [-0.39, 0.29) is 0 Å². The number of likely N-dealkylation sites (N-methyl/N-ethyl adjacent to an activating group) is 1. The number of rotatable bonds is 8. The SMILES string of the molecule is CN=C(NCc1ccc(CN2CCCC2)cc1)NCC(C1CC1)N(C)C. The van der Waals surface area contributed by atoms with Crippen molar-refractivity contribution in [2.45, 2.75) is 44.8 Å². The molecule has 5 heteroatoms. The maximum absolute atomic E-state index is 4.37. The second kappa shape index (κ2) is 9.38. The summed E-state index contributed by atoms with van der Waals surface area (Å²) in [6, 6.07) is 9.59. The zero-order valence-corrected chi connectivity index (χ0v) is 16.7. The molecular formula is C21H35N5. The first-order chi connectivity index (χ1) is 12.7. The summed E-state index contributed by atoms with van der Waals surface area (Å²) in [5.74, 6) is 1.73. The minimum absolute atomic E-state index is 0.596. The van der Waals surface area contributed by atoms with Gasteiger partial charge in [-0.15, -0.1) is 0 Å². The summed E-state index contributed by atoms with van der Waals surface area (Å²) in [7, 11) is 6.19. The Morgan fingerprint density at radius 1 is 1.12 bits per heavy atom. The van der Waals surface area contributed by atoms with Crippen molar-refractivity contribution < 1.29 is 0 Å². The lowest BCUT2D eigenvalue weighted by atomic mass is 10.1. The summed E-state index contributed by atoms with van der Waals surface area (Å²) in [6.07, 6.45) is 5.42. The lowest BCUT2D eigenvalue weighted by molar-refractivity contribution is 0.264. The second-order valence-electron chi connectivity index (χ2n) is 7.97. The van der Waals surface area contributed by atoms with Crippen LogP contribution >= 0.6 is 0 Å². The standard InChI is InChI=1S/C21H35N5/c1-22-21(24-15-20(25(2)3)19-10-11-19)23-14-17-6-8-18(9-7-17)16-26-12-4-5-13-26/h6-9,19-20H,4-5,10-16H2,1-3H3,(H2,22,23,24). The fourth-order valence-electron chi connectivity index (χ4n) is 3.82. The smallest absolute Gasteiger partial charge is 0.191 e. The molecule has 1 saturated heterocycles. The van der Waals surface area contributed by atoms with Gasteiger partial charge in [-0.1, -0.05) is 24.3 Å². The van der Waals surface area contributed by atoms with Crippen LogP contribution < -0.4 is 10.6 Å². The predicted molar refractivity (Wildman–Crippen MR) is 109 cm³/mol. The van der Waals surface area contributed by atoms with Crippen molar-refractivity contribution in [1.82, 2.24) is 20.4 Å². The minimum atomic E-state index is 0.596. The molecule has 5 nitrogen and oxygen atoms in total. The van der Waals surface area contributed by atoms with E-state index in [0.29, 0.717) is 6.04 Å². The topological polar surface area (TPSA) is 42.9 Å². The van der Waals surface area contributed by atoms with Crippen LogP contribution in [0, 0.1) is 5.92 Å². The average Bonchev–Trinajstić information content (AvgIpc) is 3.34. The van der Waals surface area contributed by atoms with Gasteiger partial charge in [-0.25, -0.2) is 0 Å². The molecule has 1 aromatic carbocycles. The number of likely N-dealkylation sites (tertiary alicyclic amines) is 1. The highest BCUT2D eigenvalue weighted by Crippen LogP contribution is 2.34. The Labute approximate surface area is 158 Å². The van der Waals surface area contributed by atoms with Crippen LogP contribution in [0.4, 0.5) is 0 Å². The van der Waals surface area contributed by atoms with Gasteiger partial charge in [0.25, 0.3) is 0 Å². The Balaban J connectivity index is 1.42. The highest BCUT2D eigenvalue weighted by Gasteiger charge is 2.32. The summed E-state index contributed by atoms with van der Waals surface area (Å²) in [5, 5.41) is 6.93. The summed E-state index contributed by atoms with van der Waals surface area (Å²) in [4.78, 5) is 9.24. The first-order valence-electron chi connectivity index (χ1n) is 10.1. The Morgan fingerprint density at radius 3 is 2.35 bits per heavy atom. The van der Waals surface area contributed by atoms with Gasteiger partial charge in [0.15, 0.2) is 5.96 Å². The molecule has 1 atom stereocenters. The minimum Gasteiger partial charge on any atom is -0.355 e. The van der Waals surface area contributed by atoms with Gasteiger partial charge in [0.1, 0.15) is 0 Å². The van der Waals surface area contributed by atoms with Crippen molar-refractivity contribution in [2.24, 2.45) is 10.9 Å². The molecule has 0 spiro atoms. The Bertz CT molecular complexity index is 569. The molecular weight excluding hydrogens is 322 g/mol. The monoisotopic (exact) mass is 357 g/mol. The molecule has 0 bridgehead atoms. The Hall–Kier alpha value is -1.59. The molecule has 1 saturated carbocycles. The zero-order chi connectivity index (χ0) is 18.4. The molecule has 1 heterocycles. The van der Waals surface area contributed by atoms with Crippen molar-refractivity contribution in [3.63, 3.8) is 0 Å². The molecule has 144 valence electrons. The average molecular weight is 358 g/mol. The zero-order valence-electron chi connectivity index (χ0n) is 16.7. The van der Waals surface area contributed by atoms with Crippen LogP contribution in [0.3, 0.4) is 0 Å². The van der Waals surface area contributed by atoms with Crippen molar-refractivity contribution in [2.75, 3.05) is 40.8 Å². The van der Waals surface area contributed by atoms with E-state index in [9.17, 15) is 0 Å². The third-order valence-electron chi connectivity index (χ3n) is 5.62. The van der Waals surface area contributed by atoms with E-state index in [2.05, 4.69) is 63.8 Å². The molecule has 0 aromatic heterocycles. The van der Waals surface area contributed by atoms with Gasteiger partial charge < -0.3 is 15.5 Å². The molecule has 0 amide bonds. The van der Waals surface area contributed by atoms with E-state index >= 15 is 0 Å². The van der Waals surface area contributed by atoms with Crippen molar-refractivity contribution in [1.29, 1.82) is 0 Å². The van der Waals surface area contributed by atoms with Gasteiger partial charge in [-0.2, -0.15) is 0 Å². The number of hydrogen-bond donors (Lipinski definition) is 2. The molecule has 1 aromatic rings. The van der Waals surface area contributed by atoms with E-state index in [4.69, 9.17) is 0 Å². The molecule has 1 aliphatic carbocycles. The highest BCUT2D eigenvalue weighted by molar-refractivity contribution is 5.79. The van der Waals surface area contributed by atoms with E-state index in [1.807, 2.05) is 7.05 Å². The van der Waals surface area contributed by atoms with Gasteiger partial charge in [-0.3, -0.25) is 9.89 Å². The maximum Gasteiger partial charge on any atom is 0.191 e. The first kappa shape index (κ1) is 19.2. The van der Waals surface area contributed by atoms with Crippen LogP contribution in [0.1, 0.15) is 36.8 Å². The van der Waals surface area contributed by atoms with Crippen LogP contribution in [-0.2, 0) is 13.1 Å². The van der Waals surface area contributed by atoms with Gasteiger partial charge in [0.05, 0.1) is 0 Å². The van der Waals surface area contributed by atoms with Crippen molar-refractivity contribution in [3.8, 4) is 0 Å². The molecule has 2 aliphatic rings. The summed E-state index contributed by atoms with van der Waals surface area (Å²) in [6.45, 7) is 5.34. The summed E-state index contributed by atoms with van der Waals surface area (Å²) < 4.78 is 0. The lowest BCUT2D eigenvalue weighted by Gasteiger charge is -2.25. The number of nitrogens with zero attached hydrogens (tertiary/aromatic N) is 3. The van der Waals surface area contributed by atoms with Gasteiger partial charge in [0, 0.05) is 32.7 Å². The number of benzene rings is 1. The highest BCUT2D eigenvalue weighted by atomic mass is 15.2. The molecule has 1 aliphatic heterocycles. The van der Waals surface area contributed by atoms with Crippen LogP contribution in [0.25, 0.3) is 0 Å². The van der Waals surface area contributed by atoms with E-state index in [1.165, 1.54) is 49.9 Å². The fourth-order valence-corrected chi connectivity index (χ4v) is 3.82. The Kier molecular flexibility index (Phi) is 6.92. The maximum atomic E-state index is 4.37. The van der Waals surface area contributed by atoms with Crippen molar-refractivity contribution >= 4 is 5.96 Å². The molecule has 0 radical (unpaired) electrons. The second-order valence-corrected chi connectivity index (χ2v) is 7.97. The van der Waals surface area contributed by atoms with Crippen LogP contribution in [0.2, 0.25) is 0 Å². The first-order valence-corrected chi connectivity index (χ1v) is 10.1. The fraction of sp³-hybridized carbons (Fsp3) is 0.667. The quantitative estimate of drug-likeness (QED) is 0.553. The van der Waals surface area contributed by atoms with E-state index < -0.39 is 0 Å². The largest absolute Gasteiger partial charge is 0.355 e. The molecule has 2 fully saturated rings. The molecule has 3 rings (SSSR count). The van der Waals surface area contributed by atoms with Crippen LogP contribution in [0.15, 0.2) is 29.3 Å². The normalized spacial score (nSPS) is 19.8. The number of aliphatic imine (C=N–C) groups is 1. The third-order valence-corrected chi connectivity index (χ3v) is 5.62. The summed E-state index contributed by atoms with van der Waals surface area (Å²) in [5.41, 5.74) is 2.71. The predicted octanol–water partition coefficient (Wildman–Crippen LogP) is 2.29. The lowest BCUT2D eigenvalue weighted by Crippen LogP contribution is -2.45. The van der Waals surface area contributed by atoms with Gasteiger partial charge in [0.2, 0.25) is 0 Å². The van der Waals surface area contributed by atoms with Crippen LogP contribution in [-0.4, -0.2) is 62.6 Å². The summed E-state index contributed by atoms with van der Waals surface area (Å²) >= 11 is 0. The van der Waals surface area contributed by atoms with Crippen molar-refractivity contribution in [3.05, 3.63) is 35.4 Å². The number of hydrogen-bond acceptors (Lipinski definition) is 3. The molecule has 1 unspecified atom stereocenters. The number of guanidine groups is 1. The molecule has 2 N–H and O–H groups in total. The molecule has 26 heavy (non-hydrogen) atoms. The third kappa shape index (κ3) is 5.71. The van der Waals surface area contributed by atoms with E-state index in [0.717, 1.165) is 31.5 Å². The number of nitrogens with one attached hydrogen (secondary N) is 2. The van der Waals surface area contributed by atoms with Gasteiger partial charge in [-0.05, 0) is 69.9 Å². The van der Waals surface area contributed by atoms with Crippen LogP contribution in [0.5, 0.6) is 0 Å². The van der Waals surface area contributed by atoms with Gasteiger partial charge >= 0.3 is 0 Å².